The number of nitro groups is 1. The van der Waals surface area contributed by atoms with E-state index in [0.717, 1.165) is 11.4 Å². The summed E-state index contributed by atoms with van der Waals surface area (Å²) in [6.45, 7) is 2.28. The quantitative estimate of drug-likeness (QED) is 0.662. The fourth-order valence-electron chi connectivity index (χ4n) is 1.70. The summed E-state index contributed by atoms with van der Waals surface area (Å²) in [5.74, 6) is 0. The van der Waals surface area contributed by atoms with Gasteiger partial charge in [0, 0.05) is 23.5 Å². The Morgan fingerprint density at radius 1 is 1.28 bits per heavy atom. The van der Waals surface area contributed by atoms with Crippen LogP contribution >= 0.6 is 0 Å². The first kappa shape index (κ1) is 12.0. The minimum absolute atomic E-state index is 0.126. The molecule has 0 saturated carbocycles. The lowest BCUT2D eigenvalue weighted by Gasteiger charge is -2.09. The molecule has 0 fully saturated rings. The number of pyridine rings is 1. The molecule has 1 aromatic carbocycles. The van der Waals surface area contributed by atoms with Gasteiger partial charge in [0.25, 0.3) is 5.69 Å². The van der Waals surface area contributed by atoms with E-state index in [1.54, 1.807) is 19.2 Å². The fraction of sp³-hybridized carbons (Fsp3) is 0.154. The van der Waals surface area contributed by atoms with Crippen LogP contribution < -0.4 is 5.32 Å². The first-order chi connectivity index (χ1) is 8.68. The highest BCUT2D eigenvalue weighted by Gasteiger charge is 2.12. The van der Waals surface area contributed by atoms with E-state index in [0.29, 0.717) is 12.1 Å². The fourth-order valence-corrected chi connectivity index (χ4v) is 1.70. The number of hydrogen-bond acceptors (Lipinski definition) is 4. The second-order valence-electron chi connectivity index (χ2n) is 3.88. The third-order valence-corrected chi connectivity index (χ3v) is 2.69. The largest absolute Gasteiger partial charge is 0.379 e. The molecule has 0 saturated heterocycles. The van der Waals surface area contributed by atoms with Crippen LogP contribution in [0.5, 0.6) is 0 Å². The molecule has 0 aliphatic carbocycles. The highest BCUT2D eigenvalue weighted by Crippen LogP contribution is 2.25. The van der Waals surface area contributed by atoms with E-state index in [9.17, 15) is 10.1 Å². The molecule has 1 aromatic heterocycles. The van der Waals surface area contributed by atoms with Crippen molar-refractivity contribution in [1.29, 1.82) is 0 Å². The topological polar surface area (TPSA) is 68.1 Å². The lowest BCUT2D eigenvalue weighted by atomic mass is 10.1. The number of aromatic nitrogens is 1. The lowest BCUT2D eigenvalue weighted by molar-refractivity contribution is -0.385. The van der Waals surface area contributed by atoms with Gasteiger partial charge in [-0.2, -0.15) is 0 Å². The maximum Gasteiger partial charge on any atom is 0.274 e. The van der Waals surface area contributed by atoms with Gasteiger partial charge in [0.1, 0.15) is 0 Å². The zero-order valence-electron chi connectivity index (χ0n) is 9.96. The smallest absolute Gasteiger partial charge is 0.274 e. The Kier molecular flexibility index (Phi) is 3.52. The molecule has 1 N–H and O–H groups in total. The van der Waals surface area contributed by atoms with Crippen LogP contribution in [0.3, 0.4) is 0 Å². The Bertz CT molecular complexity index is 555. The molecular formula is C13H13N3O2. The first-order valence-electron chi connectivity index (χ1n) is 5.56. The summed E-state index contributed by atoms with van der Waals surface area (Å²) in [5.41, 5.74) is 2.41. The predicted octanol–water partition coefficient (Wildman–Crippen LogP) is 2.91. The van der Waals surface area contributed by atoms with Crippen LogP contribution in [0.15, 0.2) is 42.6 Å². The summed E-state index contributed by atoms with van der Waals surface area (Å²) < 4.78 is 0. The summed E-state index contributed by atoms with van der Waals surface area (Å²) in [6, 6.07) is 10.7. The summed E-state index contributed by atoms with van der Waals surface area (Å²) in [7, 11) is 0. The Morgan fingerprint density at radius 3 is 2.78 bits per heavy atom. The van der Waals surface area contributed by atoms with Crippen LogP contribution in [0.25, 0.3) is 0 Å². The van der Waals surface area contributed by atoms with Crippen molar-refractivity contribution in [3.05, 3.63) is 64.0 Å². The van der Waals surface area contributed by atoms with E-state index in [1.807, 2.05) is 24.3 Å². The molecule has 0 aliphatic rings. The van der Waals surface area contributed by atoms with E-state index >= 15 is 0 Å². The molecule has 0 atom stereocenters. The van der Waals surface area contributed by atoms with E-state index in [-0.39, 0.29) is 10.6 Å². The normalized spacial score (nSPS) is 10.1. The third kappa shape index (κ3) is 2.63. The molecule has 0 aliphatic heterocycles. The minimum Gasteiger partial charge on any atom is -0.379 e. The van der Waals surface area contributed by atoms with Crippen LogP contribution in [0, 0.1) is 17.0 Å². The third-order valence-electron chi connectivity index (χ3n) is 2.69. The minimum atomic E-state index is -0.374. The molecule has 92 valence electrons. The second kappa shape index (κ2) is 5.27. The molecule has 2 aromatic rings. The molecule has 2 rings (SSSR count). The van der Waals surface area contributed by atoms with Gasteiger partial charge >= 0.3 is 0 Å². The molecule has 0 amide bonds. The van der Waals surface area contributed by atoms with Crippen molar-refractivity contribution < 1.29 is 4.92 Å². The van der Waals surface area contributed by atoms with Gasteiger partial charge in [-0.3, -0.25) is 15.1 Å². The average Bonchev–Trinajstić information content (AvgIpc) is 2.38. The van der Waals surface area contributed by atoms with Crippen LogP contribution in [0.4, 0.5) is 11.4 Å². The Morgan fingerprint density at radius 2 is 2.11 bits per heavy atom. The van der Waals surface area contributed by atoms with Gasteiger partial charge in [-0.05, 0) is 25.1 Å². The van der Waals surface area contributed by atoms with Crippen molar-refractivity contribution in [1.82, 2.24) is 4.98 Å². The van der Waals surface area contributed by atoms with Crippen LogP contribution in [-0.2, 0) is 6.54 Å². The Hall–Kier alpha value is -2.43. The predicted molar refractivity (Wildman–Crippen MR) is 69.4 cm³/mol. The summed E-state index contributed by atoms with van der Waals surface area (Å²) >= 11 is 0. The molecular weight excluding hydrogens is 230 g/mol. The molecule has 18 heavy (non-hydrogen) atoms. The monoisotopic (exact) mass is 243 g/mol. The number of benzene rings is 1. The van der Waals surface area contributed by atoms with Crippen molar-refractivity contribution in [3.63, 3.8) is 0 Å². The number of hydrogen-bond donors (Lipinski definition) is 1. The second-order valence-corrected chi connectivity index (χ2v) is 3.88. The van der Waals surface area contributed by atoms with Crippen molar-refractivity contribution >= 4 is 11.4 Å². The number of nitro benzene ring substituents is 1. The van der Waals surface area contributed by atoms with E-state index in [2.05, 4.69) is 10.3 Å². The molecule has 0 spiro atoms. The van der Waals surface area contributed by atoms with Gasteiger partial charge in [-0.15, -0.1) is 0 Å². The van der Waals surface area contributed by atoms with Gasteiger partial charge < -0.3 is 5.32 Å². The van der Waals surface area contributed by atoms with Gasteiger partial charge in [-0.1, -0.05) is 12.1 Å². The number of anilines is 1. The van der Waals surface area contributed by atoms with E-state index in [1.165, 1.54) is 6.07 Å². The summed E-state index contributed by atoms with van der Waals surface area (Å²) in [5, 5.41) is 14.0. The molecule has 5 heteroatoms. The van der Waals surface area contributed by atoms with Gasteiger partial charge in [0.05, 0.1) is 17.2 Å². The van der Waals surface area contributed by atoms with Gasteiger partial charge in [0.2, 0.25) is 0 Å². The van der Waals surface area contributed by atoms with Crippen molar-refractivity contribution in [3.8, 4) is 0 Å². The number of rotatable bonds is 4. The maximum absolute atomic E-state index is 10.8. The molecule has 0 unspecified atom stereocenters. The molecule has 1 heterocycles. The summed E-state index contributed by atoms with van der Waals surface area (Å²) in [6.07, 6.45) is 1.72. The first-order valence-corrected chi connectivity index (χ1v) is 5.56. The Balaban J connectivity index is 2.15. The van der Waals surface area contributed by atoms with Gasteiger partial charge in [0.15, 0.2) is 0 Å². The zero-order chi connectivity index (χ0) is 13.0. The molecule has 0 radical (unpaired) electrons. The van der Waals surface area contributed by atoms with Crippen LogP contribution in [-0.4, -0.2) is 9.91 Å². The average molecular weight is 243 g/mol. The Labute approximate surface area is 105 Å². The lowest BCUT2D eigenvalue weighted by Crippen LogP contribution is -2.03. The van der Waals surface area contributed by atoms with Crippen molar-refractivity contribution in [2.45, 2.75) is 13.5 Å². The highest BCUT2D eigenvalue weighted by molar-refractivity contribution is 5.59. The van der Waals surface area contributed by atoms with Crippen LogP contribution in [0.2, 0.25) is 0 Å². The van der Waals surface area contributed by atoms with E-state index < -0.39 is 0 Å². The van der Waals surface area contributed by atoms with Crippen molar-refractivity contribution in [2.24, 2.45) is 0 Å². The van der Waals surface area contributed by atoms with E-state index in [4.69, 9.17) is 0 Å². The number of nitrogens with zero attached hydrogens (tertiary/aromatic N) is 2. The SMILES string of the molecule is Cc1c(NCc2ccccn2)cccc1[N+](=O)[O-]. The zero-order valence-corrected chi connectivity index (χ0v) is 9.96. The van der Waals surface area contributed by atoms with Crippen molar-refractivity contribution in [2.75, 3.05) is 5.32 Å². The van der Waals surface area contributed by atoms with Crippen LogP contribution in [0.1, 0.15) is 11.3 Å². The summed E-state index contributed by atoms with van der Waals surface area (Å²) in [4.78, 5) is 14.6. The maximum atomic E-state index is 10.8. The highest BCUT2D eigenvalue weighted by atomic mass is 16.6. The number of nitrogens with one attached hydrogen (secondary N) is 1. The van der Waals surface area contributed by atoms with Gasteiger partial charge in [-0.25, -0.2) is 0 Å². The molecule has 0 bridgehead atoms. The molecule has 5 nitrogen and oxygen atoms in total. The standard InChI is InChI=1S/C13H13N3O2/c1-10-12(6-4-7-13(10)16(17)18)15-9-11-5-2-3-8-14-11/h2-8,15H,9H2,1H3.